The monoisotopic (exact) mass is 355 g/mol. The van der Waals surface area contributed by atoms with Gasteiger partial charge in [-0.05, 0) is 55.5 Å². The van der Waals surface area contributed by atoms with Gasteiger partial charge < -0.3 is 14.8 Å². The number of rotatable bonds is 8. The Bertz CT molecular complexity index is 740. The van der Waals surface area contributed by atoms with E-state index in [1.165, 1.54) is 0 Å². The molecule has 0 spiro atoms. The third-order valence-electron chi connectivity index (χ3n) is 4.22. The first-order chi connectivity index (χ1) is 12.4. The summed E-state index contributed by atoms with van der Waals surface area (Å²) in [6, 6.07) is 13.9. The molecule has 0 aromatic heterocycles. The van der Waals surface area contributed by atoms with Crippen molar-refractivity contribution in [3.8, 4) is 11.5 Å². The molecule has 0 saturated heterocycles. The van der Waals surface area contributed by atoms with Crippen LogP contribution in [0.3, 0.4) is 0 Å². The minimum Gasteiger partial charge on any atom is -0.491 e. The van der Waals surface area contributed by atoms with Crippen molar-refractivity contribution in [2.24, 2.45) is 0 Å². The Balaban J connectivity index is 1.81. The van der Waals surface area contributed by atoms with Crippen molar-refractivity contribution in [3.63, 3.8) is 0 Å². The standard InChI is InChI=1S/C22H29NO3/c1-15(2)19-8-6-7-9-20(19)26-18(5)22(24)23-12-13-25-21-14-16(3)10-11-17(21)4/h6-11,14-15,18H,12-13H2,1-5H3,(H,23,24). The summed E-state index contributed by atoms with van der Waals surface area (Å²) in [7, 11) is 0. The number of carbonyl (C=O) groups is 1. The molecule has 26 heavy (non-hydrogen) atoms. The van der Waals surface area contributed by atoms with Crippen LogP contribution in [0.25, 0.3) is 0 Å². The van der Waals surface area contributed by atoms with Crippen molar-refractivity contribution < 1.29 is 14.3 Å². The van der Waals surface area contributed by atoms with Crippen LogP contribution >= 0.6 is 0 Å². The smallest absolute Gasteiger partial charge is 0.260 e. The second kappa shape index (κ2) is 9.27. The number of hydrogen-bond acceptors (Lipinski definition) is 3. The van der Waals surface area contributed by atoms with Gasteiger partial charge in [-0.2, -0.15) is 0 Å². The Hall–Kier alpha value is -2.49. The number of para-hydroxylation sites is 1. The van der Waals surface area contributed by atoms with Gasteiger partial charge in [0.1, 0.15) is 18.1 Å². The molecule has 0 radical (unpaired) electrons. The summed E-state index contributed by atoms with van der Waals surface area (Å²) in [6.07, 6.45) is -0.560. The largest absolute Gasteiger partial charge is 0.491 e. The number of nitrogens with one attached hydrogen (secondary N) is 1. The fourth-order valence-electron chi connectivity index (χ4n) is 2.65. The summed E-state index contributed by atoms with van der Waals surface area (Å²) in [4.78, 5) is 12.3. The van der Waals surface area contributed by atoms with E-state index in [-0.39, 0.29) is 5.91 Å². The van der Waals surface area contributed by atoms with E-state index in [2.05, 4.69) is 25.2 Å². The lowest BCUT2D eigenvalue weighted by atomic mass is 10.0. The van der Waals surface area contributed by atoms with Crippen molar-refractivity contribution >= 4 is 5.91 Å². The third-order valence-corrected chi connectivity index (χ3v) is 4.22. The maximum absolute atomic E-state index is 12.3. The molecule has 1 atom stereocenters. The quantitative estimate of drug-likeness (QED) is 0.715. The molecule has 1 amide bonds. The van der Waals surface area contributed by atoms with Crippen LogP contribution in [0, 0.1) is 13.8 Å². The van der Waals surface area contributed by atoms with Gasteiger partial charge in [0.15, 0.2) is 6.10 Å². The highest BCUT2D eigenvalue weighted by atomic mass is 16.5. The molecule has 0 bridgehead atoms. The van der Waals surface area contributed by atoms with Gasteiger partial charge in [-0.1, -0.05) is 44.2 Å². The highest BCUT2D eigenvalue weighted by molar-refractivity contribution is 5.80. The van der Waals surface area contributed by atoms with E-state index < -0.39 is 6.10 Å². The topological polar surface area (TPSA) is 47.6 Å². The van der Waals surface area contributed by atoms with Crippen LogP contribution in [0.2, 0.25) is 0 Å². The van der Waals surface area contributed by atoms with E-state index in [9.17, 15) is 4.79 Å². The van der Waals surface area contributed by atoms with Gasteiger partial charge in [-0.15, -0.1) is 0 Å². The van der Waals surface area contributed by atoms with Gasteiger partial charge in [0.05, 0.1) is 6.54 Å². The molecule has 0 aliphatic carbocycles. The first-order valence-corrected chi connectivity index (χ1v) is 9.12. The lowest BCUT2D eigenvalue weighted by Crippen LogP contribution is -2.38. The number of carbonyl (C=O) groups excluding carboxylic acids is 1. The van der Waals surface area contributed by atoms with Gasteiger partial charge in [0.25, 0.3) is 5.91 Å². The fraction of sp³-hybridized carbons (Fsp3) is 0.409. The van der Waals surface area contributed by atoms with Gasteiger partial charge in [0.2, 0.25) is 0 Å². The number of benzene rings is 2. The zero-order valence-corrected chi connectivity index (χ0v) is 16.3. The Morgan fingerprint density at radius 1 is 1.04 bits per heavy atom. The van der Waals surface area contributed by atoms with E-state index in [0.29, 0.717) is 19.1 Å². The summed E-state index contributed by atoms with van der Waals surface area (Å²) in [5.74, 6) is 1.81. The lowest BCUT2D eigenvalue weighted by Gasteiger charge is -2.19. The molecule has 4 heteroatoms. The fourth-order valence-corrected chi connectivity index (χ4v) is 2.65. The zero-order valence-electron chi connectivity index (χ0n) is 16.3. The number of hydrogen-bond donors (Lipinski definition) is 1. The van der Waals surface area contributed by atoms with Gasteiger partial charge in [-0.3, -0.25) is 4.79 Å². The maximum Gasteiger partial charge on any atom is 0.260 e. The van der Waals surface area contributed by atoms with E-state index in [1.807, 2.05) is 50.2 Å². The molecule has 0 aliphatic rings. The molecule has 0 heterocycles. The third kappa shape index (κ3) is 5.51. The van der Waals surface area contributed by atoms with Crippen LogP contribution in [0.1, 0.15) is 43.4 Å². The zero-order chi connectivity index (χ0) is 19.1. The first kappa shape index (κ1) is 19.8. The minimum absolute atomic E-state index is 0.145. The van der Waals surface area contributed by atoms with Crippen LogP contribution in [0.15, 0.2) is 42.5 Å². The van der Waals surface area contributed by atoms with Gasteiger partial charge in [-0.25, -0.2) is 0 Å². The molecule has 0 fully saturated rings. The SMILES string of the molecule is Cc1ccc(C)c(OCCNC(=O)C(C)Oc2ccccc2C(C)C)c1. The highest BCUT2D eigenvalue weighted by Crippen LogP contribution is 2.26. The molecule has 2 aromatic carbocycles. The summed E-state index contributed by atoms with van der Waals surface area (Å²) >= 11 is 0. The Morgan fingerprint density at radius 2 is 1.77 bits per heavy atom. The summed E-state index contributed by atoms with van der Waals surface area (Å²) in [6.45, 7) is 10.9. The second-order valence-electron chi connectivity index (χ2n) is 6.86. The van der Waals surface area contributed by atoms with Crippen LogP contribution in [0.4, 0.5) is 0 Å². The normalized spacial score (nSPS) is 11.9. The molecule has 2 aromatic rings. The highest BCUT2D eigenvalue weighted by Gasteiger charge is 2.16. The maximum atomic E-state index is 12.3. The Labute approximate surface area is 156 Å². The van der Waals surface area contributed by atoms with Gasteiger partial charge in [0, 0.05) is 0 Å². The Kier molecular flexibility index (Phi) is 7.07. The predicted octanol–water partition coefficient (Wildman–Crippen LogP) is 4.39. The molecular formula is C22H29NO3. The molecule has 140 valence electrons. The summed E-state index contributed by atoms with van der Waals surface area (Å²) in [5.41, 5.74) is 3.34. The number of aryl methyl sites for hydroxylation is 2. The minimum atomic E-state index is -0.560. The Morgan fingerprint density at radius 3 is 2.50 bits per heavy atom. The molecule has 1 N–H and O–H groups in total. The second-order valence-corrected chi connectivity index (χ2v) is 6.86. The van der Waals surface area contributed by atoms with Gasteiger partial charge >= 0.3 is 0 Å². The molecule has 0 saturated carbocycles. The van der Waals surface area contributed by atoms with E-state index in [1.54, 1.807) is 6.92 Å². The van der Waals surface area contributed by atoms with Crippen molar-refractivity contribution in [3.05, 3.63) is 59.2 Å². The average Bonchev–Trinajstić information content (AvgIpc) is 2.61. The predicted molar refractivity (Wildman–Crippen MR) is 105 cm³/mol. The van der Waals surface area contributed by atoms with Crippen molar-refractivity contribution in [1.29, 1.82) is 0 Å². The van der Waals surface area contributed by atoms with Crippen molar-refractivity contribution in [2.75, 3.05) is 13.2 Å². The van der Waals surface area contributed by atoms with E-state index in [0.717, 1.165) is 28.2 Å². The van der Waals surface area contributed by atoms with Crippen molar-refractivity contribution in [1.82, 2.24) is 5.32 Å². The average molecular weight is 355 g/mol. The molecule has 2 rings (SSSR count). The molecule has 0 aliphatic heterocycles. The summed E-state index contributed by atoms with van der Waals surface area (Å²) in [5, 5.41) is 2.87. The van der Waals surface area contributed by atoms with Crippen LogP contribution < -0.4 is 14.8 Å². The van der Waals surface area contributed by atoms with Crippen molar-refractivity contribution in [2.45, 2.75) is 46.6 Å². The van der Waals surface area contributed by atoms with Crippen LogP contribution in [-0.2, 0) is 4.79 Å². The molecule has 4 nitrogen and oxygen atoms in total. The van der Waals surface area contributed by atoms with Crippen LogP contribution in [-0.4, -0.2) is 25.2 Å². The first-order valence-electron chi connectivity index (χ1n) is 9.12. The number of amides is 1. The lowest BCUT2D eigenvalue weighted by molar-refractivity contribution is -0.127. The number of ether oxygens (including phenoxy) is 2. The summed E-state index contributed by atoms with van der Waals surface area (Å²) < 4.78 is 11.6. The van der Waals surface area contributed by atoms with E-state index in [4.69, 9.17) is 9.47 Å². The molecule has 1 unspecified atom stereocenters. The molecular weight excluding hydrogens is 326 g/mol. The van der Waals surface area contributed by atoms with E-state index >= 15 is 0 Å². The van der Waals surface area contributed by atoms with Crippen LogP contribution in [0.5, 0.6) is 11.5 Å².